The summed E-state index contributed by atoms with van der Waals surface area (Å²) < 4.78 is 22.5. The van der Waals surface area contributed by atoms with Crippen LogP contribution in [0.4, 0.5) is 0 Å². The summed E-state index contributed by atoms with van der Waals surface area (Å²) in [7, 11) is -3.04. The van der Waals surface area contributed by atoms with Crippen LogP contribution in [0.5, 0.6) is 0 Å². The molecule has 1 aliphatic carbocycles. The highest BCUT2D eigenvalue weighted by Crippen LogP contribution is 2.47. The second-order valence-electron chi connectivity index (χ2n) is 4.50. The molecule has 0 aromatic rings. The Morgan fingerprint density at radius 3 is 1.83 bits per heavy atom. The van der Waals surface area contributed by atoms with Crippen molar-refractivity contribution in [2.24, 2.45) is 5.73 Å². The van der Waals surface area contributed by atoms with Gasteiger partial charge in [-0.1, -0.05) is 0 Å². The largest absolute Gasteiger partial charge is 0.329 e. The quantitative estimate of drug-likeness (QED) is 0.698. The van der Waals surface area contributed by atoms with E-state index in [4.69, 9.17) is 5.73 Å². The third-order valence-corrected chi connectivity index (χ3v) is 5.88. The molecule has 0 bridgehead atoms. The Balaban J connectivity index is 3.03. The first kappa shape index (κ1) is 9.99. The maximum absolute atomic E-state index is 11.9. The van der Waals surface area contributed by atoms with Crippen molar-refractivity contribution in [1.82, 2.24) is 0 Å². The van der Waals surface area contributed by atoms with Gasteiger partial charge >= 0.3 is 0 Å². The lowest BCUT2D eigenvalue weighted by molar-refractivity contribution is 0.541. The minimum Gasteiger partial charge on any atom is -0.329 e. The van der Waals surface area contributed by atoms with Crippen molar-refractivity contribution < 1.29 is 8.42 Å². The third kappa shape index (κ3) is 1.17. The van der Waals surface area contributed by atoms with Crippen molar-refractivity contribution in [2.75, 3.05) is 6.54 Å². The van der Waals surface area contributed by atoms with Crippen LogP contribution in [-0.2, 0) is 9.84 Å². The fourth-order valence-electron chi connectivity index (χ4n) is 1.37. The molecular weight excluding hydrogens is 174 g/mol. The first-order valence-corrected chi connectivity index (χ1v) is 5.69. The summed E-state index contributed by atoms with van der Waals surface area (Å²) in [5, 5.41) is 0. The molecule has 0 aromatic heterocycles. The van der Waals surface area contributed by atoms with E-state index in [1.165, 1.54) is 0 Å². The summed E-state index contributed by atoms with van der Waals surface area (Å²) in [5.41, 5.74) is 5.47. The standard InChI is InChI=1S/C8H17NO2S/c1-7(2,3)12(10,11)8(6-9)4-5-8/h4-6,9H2,1-3H3. The van der Waals surface area contributed by atoms with Gasteiger partial charge in [-0.2, -0.15) is 0 Å². The summed E-state index contributed by atoms with van der Waals surface area (Å²) in [5.74, 6) is 0. The molecule has 0 aromatic carbocycles. The minimum atomic E-state index is -3.04. The molecule has 0 atom stereocenters. The lowest BCUT2D eigenvalue weighted by atomic mass is 10.3. The van der Waals surface area contributed by atoms with E-state index in [2.05, 4.69) is 0 Å². The second kappa shape index (κ2) is 2.45. The number of hydrogen-bond acceptors (Lipinski definition) is 3. The van der Waals surface area contributed by atoms with Gasteiger partial charge in [-0.05, 0) is 33.6 Å². The van der Waals surface area contributed by atoms with E-state index in [1.54, 1.807) is 20.8 Å². The minimum absolute atomic E-state index is 0.270. The van der Waals surface area contributed by atoms with Gasteiger partial charge in [0.2, 0.25) is 0 Å². The van der Waals surface area contributed by atoms with Gasteiger partial charge in [0.1, 0.15) is 0 Å². The van der Waals surface area contributed by atoms with E-state index in [-0.39, 0.29) is 6.54 Å². The molecule has 1 rings (SSSR count). The molecule has 72 valence electrons. The van der Waals surface area contributed by atoms with E-state index >= 15 is 0 Å². The maximum atomic E-state index is 11.9. The van der Waals surface area contributed by atoms with E-state index in [1.807, 2.05) is 0 Å². The Bertz CT molecular complexity index is 270. The van der Waals surface area contributed by atoms with Crippen LogP contribution in [0.25, 0.3) is 0 Å². The van der Waals surface area contributed by atoms with Gasteiger partial charge in [0.05, 0.1) is 9.49 Å². The predicted octanol–water partition coefficient (Wildman–Crippen LogP) is 0.691. The monoisotopic (exact) mass is 191 g/mol. The van der Waals surface area contributed by atoms with Crippen LogP contribution in [0.15, 0.2) is 0 Å². The average molecular weight is 191 g/mol. The normalized spacial score (nSPS) is 22.3. The van der Waals surface area contributed by atoms with Crippen molar-refractivity contribution in [3.63, 3.8) is 0 Å². The topological polar surface area (TPSA) is 60.2 Å². The molecule has 0 unspecified atom stereocenters. The van der Waals surface area contributed by atoms with Gasteiger partial charge in [0, 0.05) is 6.54 Å². The van der Waals surface area contributed by atoms with E-state index in [0.717, 1.165) is 12.8 Å². The van der Waals surface area contributed by atoms with E-state index < -0.39 is 19.3 Å². The zero-order valence-corrected chi connectivity index (χ0v) is 8.74. The van der Waals surface area contributed by atoms with Gasteiger partial charge in [-0.25, -0.2) is 8.42 Å². The van der Waals surface area contributed by atoms with Crippen LogP contribution >= 0.6 is 0 Å². The first-order valence-electron chi connectivity index (χ1n) is 4.21. The van der Waals surface area contributed by atoms with Gasteiger partial charge < -0.3 is 5.73 Å². The SMILES string of the molecule is CC(C)(C)S(=O)(=O)C1(CN)CC1. The molecule has 0 spiro atoms. The summed E-state index contributed by atoms with van der Waals surface area (Å²) in [6, 6.07) is 0. The Labute approximate surface area is 74.3 Å². The smallest absolute Gasteiger partial charge is 0.162 e. The number of rotatable bonds is 2. The molecule has 0 amide bonds. The van der Waals surface area contributed by atoms with Crippen LogP contribution in [0.1, 0.15) is 33.6 Å². The fourth-order valence-corrected chi connectivity index (χ4v) is 3.53. The molecule has 3 nitrogen and oxygen atoms in total. The average Bonchev–Trinajstić information content (AvgIpc) is 2.64. The van der Waals surface area contributed by atoms with Crippen LogP contribution in [0.3, 0.4) is 0 Å². The van der Waals surface area contributed by atoms with Gasteiger partial charge in [-0.15, -0.1) is 0 Å². The third-order valence-electron chi connectivity index (χ3n) is 2.56. The highest BCUT2D eigenvalue weighted by atomic mass is 32.2. The lowest BCUT2D eigenvalue weighted by Crippen LogP contribution is -2.43. The molecule has 0 saturated heterocycles. The van der Waals surface area contributed by atoms with Crippen LogP contribution in [0, 0.1) is 0 Å². The zero-order chi connectivity index (χ0) is 9.62. The molecule has 0 heterocycles. The van der Waals surface area contributed by atoms with Gasteiger partial charge in [-0.3, -0.25) is 0 Å². The molecule has 4 heteroatoms. The Kier molecular flexibility index (Phi) is 2.04. The lowest BCUT2D eigenvalue weighted by Gasteiger charge is -2.25. The van der Waals surface area contributed by atoms with Crippen molar-refractivity contribution in [2.45, 2.75) is 43.1 Å². The molecule has 1 fully saturated rings. The summed E-state index contributed by atoms with van der Waals surface area (Å²) >= 11 is 0. The molecule has 2 N–H and O–H groups in total. The summed E-state index contributed by atoms with van der Waals surface area (Å²) in [6.07, 6.45) is 1.48. The maximum Gasteiger partial charge on any atom is 0.162 e. The zero-order valence-electron chi connectivity index (χ0n) is 7.92. The first-order chi connectivity index (χ1) is 5.27. The number of nitrogens with two attached hydrogens (primary N) is 1. The molecule has 1 saturated carbocycles. The Morgan fingerprint density at radius 1 is 1.33 bits per heavy atom. The Morgan fingerprint density at radius 2 is 1.75 bits per heavy atom. The van der Waals surface area contributed by atoms with E-state index in [0.29, 0.717) is 0 Å². The highest BCUT2D eigenvalue weighted by molar-refractivity contribution is 7.94. The van der Waals surface area contributed by atoms with Crippen molar-refractivity contribution in [1.29, 1.82) is 0 Å². The molecule has 1 aliphatic rings. The molecule has 12 heavy (non-hydrogen) atoms. The number of hydrogen-bond donors (Lipinski definition) is 1. The van der Waals surface area contributed by atoms with Crippen molar-refractivity contribution in [3.8, 4) is 0 Å². The molecule has 0 aliphatic heterocycles. The van der Waals surface area contributed by atoms with Crippen LogP contribution < -0.4 is 5.73 Å². The summed E-state index contributed by atoms with van der Waals surface area (Å²) in [6.45, 7) is 5.47. The number of sulfone groups is 1. The predicted molar refractivity (Wildman–Crippen MR) is 49.7 cm³/mol. The molecular formula is C8H17NO2S. The van der Waals surface area contributed by atoms with Gasteiger partial charge in [0.25, 0.3) is 0 Å². The fraction of sp³-hybridized carbons (Fsp3) is 1.00. The van der Waals surface area contributed by atoms with Crippen LogP contribution in [0.2, 0.25) is 0 Å². The van der Waals surface area contributed by atoms with Crippen molar-refractivity contribution >= 4 is 9.84 Å². The van der Waals surface area contributed by atoms with Crippen molar-refractivity contribution in [3.05, 3.63) is 0 Å². The molecule has 0 radical (unpaired) electrons. The van der Waals surface area contributed by atoms with Crippen LogP contribution in [-0.4, -0.2) is 24.5 Å². The summed E-state index contributed by atoms with van der Waals surface area (Å²) in [4.78, 5) is 0. The van der Waals surface area contributed by atoms with E-state index in [9.17, 15) is 8.42 Å². The second-order valence-corrected chi connectivity index (χ2v) is 7.60. The Hall–Kier alpha value is -0.0900. The van der Waals surface area contributed by atoms with Gasteiger partial charge in [0.15, 0.2) is 9.84 Å². The highest BCUT2D eigenvalue weighted by Gasteiger charge is 2.57.